The third-order valence-electron chi connectivity index (χ3n) is 4.63. The van der Waals surface area contributed by atoms with E-state index in [4.69, 9.17) is 0 Å². The number of rotatable bonds is 6. The molecule has 3 heteroatoms. The highest BCUT2D eigenvalue weighted by atomic mass is 16.1. The summed E-state index contributed by atoms with van der Waals surface area (Å²) in [6, 6.07) is 7.87. The van der Waals surface area contributed by atoms with E-state index in [1.165, 1.54) is 25.7 Å². The van der Waals surface area contributed by atoms with Gasteiger partial charge in [-0.15, -0.1) is 0 Å². The molecule has 1 N–H and O–H groups in total. The van der Waals surface area contributed by atoms with Gasteiger partial charge in [-0.05, 0) is 51.2 Å². The quantitative estimate of drug-likeness (QED) is 0.805. The van der Waals surface area contributed by atoms with Crippen molar-refractivity contribution in [2.24, 2.45) is 0 Å². The number of carbonyl (C=O) groups excluding carboxylic acids is 1. The summed E-state index contributed by atoms with van der Waals surface area (Å²) in [4.78, 5) is 14.0. The molecule has 2 rings (SSSR count). The maximum Gasteiger partial charge on any atom is 0.162 e. The van der Waals surface area contributed by atoms with Gasteiger partial charge in [-0.25, -0.2) is 0 Å². The second kappa shape index (κ2) is 6.40. The van der Waals surface area contributed by atoms with Gasteiger partial charge in [0.25, 0.3) is 0 Å². The number of likely N-dealkylation sites (N-methyl/N-ethyl adjacent to an activating group) is 1. The largest absolute Gasteiger partial charge is 0.383 e. The summed E-state index contributed by atoms with van der Waals surface area (Å²) in [6.45, 7) is 2.87. The number of carbonyl (C=O) groups is 1. The molecule has 0 spiro atoms. The maximum atomic E-state index is 11.6. The van der Waals surface area contributed by atoms with Crippen LogP contribution in [0.25, 0.3) is 0 Å². The molecular formula is C17H26N2O. The van der Waals surface area contributed by atoms with E-state index in [2.05, 4.69) is 24.3 Å². The van der Waals surface area contributed by atoms with Crippen molar-refractivity contribution in [1.82, 2.24) is 4.90 Å². The molecule has 0 amide bonds. The van der Waals surface area contributed by atoms with Crippen molar-refractivity contribution in [1.29, 1.82) is 0 Å². The van der Waals surface area contributed by atoms with Gasteiger partial charge in [0.15, 0.2) is 5.78 Å². The molecule has 20 heavy (non-hydrogen) atoms. The van der Waals surface area contributed by atoms with Crippen LogP contribution in [0.15, 0.2) is 24.3 Å². The molecule has 0 bridgehead atoms. The van der Waals surface area contributed by atoms with Gasteiger partial charge in [-0.3, -0.25) is 4.79 Å². The number of hydrogen-bond donors (Lipinski definition) is 1. The van der Waals surface area contributed by atoms with Crippen molar-refractivity contribution >= 4 is 11.5 Å². The maximum absolute atomic E-state index is 11.6. The normalized spacial score (nSPS) is 17.4. The van der Waals surface area contributed by atoms with Gasteiger partial charge in [-0.2, -0.15) is 0 Å². The number of nitrogens with one attached hydrogen (secondary N) is 1. The van der Waals surface area contributed by atoms with Gasteiger partial charge in [0.2, 0.25) is 0 Å². The van der Waals surface area contributed by atoms with Crippen LogP contribution in [0.4, 0.5) is 5.69 Å². The smallest absolute Gasteiger partial charge is 0.162 e. The Labute approximate surface area is 122 Å². The summed E-state index contributed by atoms with van der Waals surface area (Å²) >= 11 is 0. The molecule has 1 aromatic carbocycles. The van der Waals surface area contributed by atoms with Crippen molar-refractivity contribution in [3.63, 3.8) is 0 Å². The SMILES string of the molecule is CCC(=O)c1ccc(NCC2(N(C)C)CCCC2)cc1. The van der Waals surface area contributed by atoms with Crippen molar-refractivity contribution in [3.8, 4) is 0 Å². The van der Waals surface area contributed by atoms with Crippen molar-refractivity contribution in [2.75, 3.05) is 26.0 Å². The van der Waals surface area contributed by atoms with Gasteiger partial charge in [0.1, 0.15) is 0 Å². The summed E-state index contributed by atoms with van der Waals surface area (Å²) in [5.74, 6) is 0.206. The Balaban J connectivity index is 1.98. The second-order valence-electron chi connectivity index (χ2n) is 6.03. The predicted octanol–water partition coefficient (Wildman–Crippen LogP) is 3.57. The first-order valence-corrected chi connectivity index (χ1v) is 7.62. The fourth-order valence-electron chi connectivity index (χ4n) is 3.06. The first kappa shape index (κ1) is 15.0. The third-order valence-corrected chi connectivity index (χ3v) is 4.63. The van der Waals surface area contributed by atoms with Crippen LogP contribution in [0, 0.1) is 0 Å². The van der Waals surface area contributed by atoms with Crippen LogP contribution >= 0.6 is 0 Å². The molecule has 1 aliphatic carbocycles. The first-order chi connectivity index (χ1) is 9.57. The molecule has 1 aliphatic rings. The van der Waals surface area contributed by atoms with Crippen molar-refractivity contribution in [3.05, 3.63) is 29.8 Å². The Morgan fingerprint density at radius 1 is 1.20 bits per heavy atom. The molecule has 1 fully saturated rings. The van der Waals surface area contributed by atoms with E-state index < -0.39 is 0 Å². The lowest BCUT2D eigenvalue weighted by molar-refractivity contribution is 0.0988. The van der Waals surface area contributed by atoms with Crippen LogP contribution < -0.4 is 5.32 Å². The molecule has 3 nitrogen and oxygen atoms in total. The summed E-state index contributed by atoms with van der Waals surface area (Å²) in [5, 5.41) is 3.54. The van der Waals surface area contributed by atoms with Crippen molar-refractivity contribution < 1.29 is 4.79 Å². The molecule has 0 aromatic heterocycles. The highest BCUT2D eigenvalue weighted by molar-refractivity contribution is 5.96. The van der Waals surface area contributed by atoms with E-state index in [1.54, 1.807) is 0 Å². The third kappa shape index (κ3) is 3.21. The lowest BCUT2D eigenvalue weighted by Gasteiger charge is -2.36. The van der Waals surface area contributed by atoms with Crippen LogP contribution in [0.2, 0.25) is 0 Å². The van der Waals surface area contributed by atoms with Gasteiger partial charge < -0.3 is 10.2 Å². The number of nitrogens with zero attached hydrogens (tertiary/aromatic N) is 1. The Hall–Kier alpha value is -1.35. The van der Waals surface area contributed by atoms with Crippen LogP contribution in [0.1, 0.15) is 49.4 Å². The van der Waals surface area contributed by atoms with E-state index in [-0.39, 0.29) is 11.3 Å². The standard InChI is InChI=1S/C17H26N2O/c1-4-16(20)14-7-9-15(10-8-14)18-13-17(19(2)3)11-5-6-12-17/h7-10,18H,4-6,11-13H2,1-3H3. The van der Waals surface area contributed by atoms with Gasteiger partial charge in [-0.1, -0.05) is 19.8 Å². The zero-order valence-corrected chi connectivity index (χ0v) is 12.9. The summed E-state index contributed by atoms with van der Waals surface area (Å²) in [7, 11) is 4.35. The van der Waals surface area contributed by atoms with E-state index in [1.807, 2.05) is 31.2 Å². The second-order valence-corrected chi connectivity index (χ2v) is 6.03. The zero-order chi connectivity index (χ0) is 14.6. The first-order valence-electron chi connectivity index (χ1n) is 7.62. The summed E-state index contributed by atoms with van der Waals surface area (Å²) in [5.41, 5.74) is 2.20. The molecule has 0 unspecified atom stereocenters. The zero-order valence-electron chi connectivity index (χ0n) is 12.9. The Kier molecular flexibility index (Phi) is 4.81. The van der Waals surface area contributed by atoms with E-state index >= 15 is 0 Å². The molecule has 0 saturated heterocycles. The number of anilines is 1. The van der Waals surface area contributed by atoms with Crippen LogP contribution in [0.5, 0.6) is 0 Å². The number of Topliss-reactive ketones (excluding diaryl/α,β-unsaturated/α-hetero) is 1. The Morgan fingerprint density at radius 2 is 1.80 bits per heavy atom. The fourth-order valence-corrected chi connectivity index (χ4v) is 3.06. The summed E-state index contributed by atoms with van der Waals surface area (Å²) < 4.78 is 0. The predicted molar refractivity (Wildman–Crippen MR) is 84.4 cm³/mol. The molecule has 0 aliphatic heterocycles. The van der Waals surface area contributed by atoms with Crippen LogP contribution in [-0.2, 0) is 0 Å². The molecule has 110 valence electrons. The highest BCUT2D eigenvalue weighted by Crippen LogP contribution is 2.33. The Morgan fingerprint density at radius 3 is 2.30 bits per heavy atom. The summed E-state index contributed by atoms with van der Waals surface area (Å²) in [6.07, 6.45) is 5.74. The average Bonchev–Trinajstić information content (AvgIpc) is 2.95. The Bertz CT molecular complexity index is 445. The van der Waals surface area contributed by atoms with E-state index in [0.717, 1.165) is 17.8 Å². The minimum Gasteiger partial charge on any atom is -0.383 e. The highest BCUT2D eigenvalue weighted by Gasteiger charge is 2.35. The lowest BCUT2D eigenvalue weighted by atomic mass is 9.96. The van der Waals surface area contributed by atoms with Gasteiger partial charge >= 0.3 is 0 Å². The van der Waals surface area contributed by atoms with E-state index in [0.29, 0.717) is 6.42 Å². The topological polar surface area (TPSA) is 32.3 Å². The van der Waals surface area contributed by atoms with Crippen LogP contribution in [0.3, 0.4) is 0 Å². The minimum absolute atomic E-state index is 0.206. The van der Waals surface area contributed by atoms with Gasteiger partial charge in [0, 0.05) is 29.8 Å². The fraction of sp³-hybridized carbons (Fsp3) is 0.588. The molecule has 1 saturated carbocycles. The molecule has 0 radical (unpaired) electrons. The van der Waals surface area contributed by atoms with Crippen molar-refractivity contribution in [2.45, 2.75) is 44.6 Å². The number of ketones is 1. The van der Waals surface area contributed by atoms with Gasteiger partial charge in [0.05, 0.1) is 0 Å². The van der Waals surface area contributed by atoms with Crippen LogP contribution in [-0.4, -0.2) is 36.9 Å². The molecule has 0 heterocycles. The molecule has 0 atom stereocenters. The monoisotopic (exact) mass is 274 g/mol. The minimum atomic E-state index is 0.206. The molecule has 1 aromatic rings. The number of hydrogen-bond acceptors (Lipinski definition) is 3. The number of benzene rings is 1. The van der Waals surface area contributed by atoms with E-state index in [9.17, 15) is 4.79 Å². The average molecular weight is 274 g/mol. The molecular weight excluding hydrogens is 248 g/mol. The lowest BCUT2D eigenvalue weighted by Crippen LogP contribution is -2.47.